The second-order valence-electron chi connectivity index (χ2n) is 5.51. The zero-order valence-corrected chi connectivity index (χ0v) is 11.7. The van der Waals surface area contributed by atoms with Crippen LogP contribution in [0.3, 0.4) is 0 Å². The Balaban J connectivity index is 2.35. The summed E-state index contributed by atoms with van der Waals surface area (Å²) in [4.78, 5) is 13.9. The van der Waals surface area contributed by atoms with Gasteiger partial charge >= 0.3 is 0 Å². The molecule has 1 unspecified atom stereocenters. The van der Waals surface area contributed by atoms with Crippen LogP contribution < -0.4 is 0 Å². The van der Waals surface area contributed by atoms with E-state index in [0.717, 1.165) is 6.42 Å². The molecule has 17 heavy (non-hydrogen) atoms. The molecule has 0 bridgehead atoms. The first-order chi connectivity index (χ1) is 8.24. The fraction of sp³-hybridized carbons (Fsp3) is 0.933. The van der Waals surface area contributed by atoms with Crippen LogP contribution >= 0.6 is 0 Å². The number of Topliss-reactive ketones (excluding diaryl/α,β-unsaturated/α-hetero) is 1. The van der Waals surface area contributed by atoms with E-state index in [-0.39, 0.29) is 0 Å². The third kappa shape index (κ3) is 6.21. The standard InChI is InChI=1S/C15H29NO/c1-3-4-5-8-11-16-12-9-6-7-10-15(16)13-14(2)17/h15H,3-13H2,1-2H3. The molecule has 0 saturated carbocycles. The Kier molecular flexibility index (Phi) is 7.50. The van der Waals surface area contributed by atoms with Crippen molar-refractivity contribution < 1.29 is 4.79 Å². The summed E-state index contributed by atoms with van der Waals surface area (Å²) in [6.07, 6.45) is 11.3. The largest absolute Gasteiger partial charge is 0.300 e. The van der Waals surface area contributed by atoms with Gasteiger partial charge in [-0.3, -0.25) is 9.69 Å². The highest BCUT2D eigenvalue weighted by Gasteiger charge is 2.21. The number of nitrogens with zero attached hydrogens (tertiary/aromatic N) is 1. The smallest absolute Gasteiger partial charge is 0.131 e. The Labute approximate surface area is 107 Å². The monoisotopic (exact) mass is 239 g/mol. The second-order valence-corrected chi connectivity index (χ2v) is 5.51. The molecule has 0 N–H and O–H groups in total. The summed E-state index contributed by atoms with van der Waals surface area (Å²) in [6, 6.07) is 0.539. The number of carbonyl (C=O) groups excluding carboxylic acids is 1. The Morgan fingerprint density at radius 1 is 1.18 bits per heavy atom. The lowest BCUT2D eigenvalue weighted by Gasteiger charge is -2.29. The molecule has 0 spiro atoms. The molecule has 1 rings (SSSR count). The van der Waals surface area contributed by atoms with Crippen molar-refractivity contribution in [1.82, 2.24) is 4.90 Å². The van der Waals surface area contributed by atoms with Crippen LogP contribution in [0.2, 0.25) is 0 Å². The number of likely N-dealkylation sites (tertiary alicyclic amines) is 1. The number of hydrogen-bond acceptors (Lipinski definition) is 2. The summed E-state index contributed by atoms with van der Waals surface area (Å²) in [7, 11) is 0. The molecule has 2 nitrogen and oxygen atoms in total. The molecule has 100 valence electrons. The maximum atomic E-state index is 11.3. The van der Waals surface area contributed by atoms with Crippen molar-refractivity contribution in [1.29, 1.82) is 0 Å². The van der Waals surface area contributed by atoms with Crippen molar-refractivity contribution in [2.45, 2.75) is 77.7 Å². The van der Waals surface area contributed by atoms with E-state index in [1.807, 2.05) is 0 Å². The Bertz CT molecular complexity index is 215. The predicted octanol–water partition coefficient (Wildman–Crippen LogP) is 3.79. The Morgan fingerprint density at radius 2 is 2.00 bits per heavy atom. The summed E-state index contributed by atoms with van der Waals surface area (Å²) < 4.78 is 0. The molecule has 1 aliphatic heterocycles. The maximum Gasteiger partial charge on any atom is 0.131 e. The van der Waals surface area contributed by atoms with Crippen LogP contribution in [0.25, 0.3) is 0 Å². The van der Waals surface area contributed by atoms with E-state index >= 15 is 0 Å². The van der Waals surface area contributed by atoms with E-state index in [9.17, 15) is 4.79 Å². The van der Waals surface area contributed by atoms with Gasteiger partial charge in [0.05, 0.1) is 0 Å². The molecule has 1 aliphatic rings. The molecular formula is C15H29NO. The molecule has 1 atom stereocenters. The minimum absolute atomic E-state index is 0.357. The van der Waals surface area contributed by atoms with Gasteiger partial charge in [0.2, 0.25) is 0 Å². The summed E-state index contributed by atoms with van der Waals surface area (Å²) >= 11 is 0. The zero-order chi connectivity index (χ0) is 12.5. The highest BCUT2D eigenvalue weighted by Crippen LogP contribution is 2.20. The molecule has 0 aliphatic carbocycles. The minimum atomic E-state index is 0.357. The average Bonchev–Trinajstić information content (AvgIpc) is 2.50. The molecule has 1 saturated heterocycles. The van der Waals surface area contributed by atoms with Gasteiger partial charge in [-0.25, -0.2) is 0 Å². The Hall–Kier alpha value is -0.370. The first-order valence-corrected chi connectivity index (χ1v) is 7.47. The van der Waals surface area contributed by atoms with Crippen molar-refractivity contribution in [2.24, 2.45) is 0 Å². The second kappa shape index (κ2) is 8.68. The molecule has 0 aromatic heterocycles. The van der Waals surface area contributed by atoms with Gasteiger partial charge in [0, 0.05) is 12.5 Å². The summed E-state index contributed by atoms with van der Waals surface area (Å²) in [5.41, 5.74) is 0. The lowest BCUT2D eigenvalue weighted by molar-refractivity contribution is -0.118. The molecule has 0 radical (unpaired) electrons. The number of rotatable bonds is 7. The van der Waals surface area contributed by atoms with Crippen LogP contribution in [-0.4, -0.2) is 29.8 Å². The van der Waals surface area contributed by atoms with Crippen molar-refractivity contribution >= 4 is 5.78 Å². The van der Waals surface area contributed by atoms with Gasteiger partial charge in [-0.05, 0) is 39.3 Å². The van der Waals surface area contributed by atoms with Crippen molar-refractivity contribution in [3.05, 3.63) is 0 Å². The van der Waals surface area contributed by atoms with Gasteiger partial charge in [0.25, 0.3) is 0 Å². The molecule has 2 heteroatoms. The maximum absolute atomic E-state index is 11.3. The number of hydrogen-bond donors (Lipinski definition) is 0. The Morgan fingerprint density at radius 3 is 2.71 bits per heavy atom. The van der Waals surface area contributed by atoms with Crippen LogP contribution in [0.4, 0.5) is 0 Å². The number of unbranched alkanes of at least 4 members (excludes halogenated alkanes) is 3. The number of ketones is 1. The van der Waals surface area contributed by atoms with Crippen LogP contribution in [0.1, 0.15) is 71.6 Å². The van der Waals surface area contributed by atoms with Crippen molar-refractivity contribution in [3.8, 4) is 0 Å². The zero-order valence-electron chi connectivity index (χ0n) is 11.7. The van der Waals surface area contributed by atoms with Gasteiger partial charge < -0.3 is 0 Å². The van der Waals surface area contributed by atoms with E-state index in [2.05, 4.69) is 11.8 Å². The third-order valence-electron chi connectivity index (χ3n) is 3.82. The number of carbonyl (C=O) groups is 1. The summed E-state index contributed by atoms with van der Waals surface area (Å²) in [6.45, 7) is 6.41. The van der Waals surface area contributed by atoms with Crippen LogP contribution in [0, 0.1) is 0 Å². The molecular weight excluding hydrogens is 210 g/mol. The third-order valence-corrected chi connectivity index (χ3v) is 3.82. The molecule has 1 heterocycles. The molecule has 0 aromatic rings. The van der Waals surface area contributed by atoms with Crippen LogP contribution in [0.15, 0.2) is 0 Å². The highest BCUT2D eigenvalue weighted by atomic mass is 16.1. The highest BCUT2D eigenvalue weighted by molar-refractivity contribution is 5.76. The van der Waals surface area contributed by atoms with E-state index in [4.69, 9.17) is 0 Å². The van der Waals surface area contributed by atoms with Gasteiger partial charge in [-0.2, -0.15) is 0 Å². The van der Waals surface area contributed by atoms with E-state index < -0.39 is 0 Å². The summed E-state index contributed by atoms with van der Waals surface area (Å²) in [5, 5.41) is 0. The quantitative estimate of drug-likeness (QED) is 0.630. The molecule has 1 fully saturated rings. The van der Waals surface area contributed by atoms with Crippen molar-refractivity contribution in [2.75, 3.05) is 13.1 Å². The summed E-state index contributed by atoms with van der Waals surface area (Å²) in [5.74, 6) is 0.357. The first-order valence-electron chi connectivity index (χ1n) is 7.47. The lowest BCUT2D eigenvalue weighted by Crippen LogP contribution is -2.36. The van der Waals surface area contributed by atoms with Gasteiger partial charge in [-0.15, -0.1) is 0 Å². The minimum Gasteiger partial charge on any atom is -0.300 e. The van der Waals surface area contributed by atoms with E-state index in [1.54, 1.807) is 6.92 Å². The molecule has 0 amide bonds. The van der Waals surface area contributed by atoms with Gasteiger partial charge in [-0.1, -0.05) is 39.0 Å². The molecule has 0 aromatic carbocycles. The first kappa shape index (κ1) is 14.7. The predicted molar refractivity (Wildman–Crippen MR) is 73.3 cm³/mol. The van der Waals surface area contributed by atoms with Crippen LogP contribution in [0.5, 0.6) is 0 Å². The van der Waals surface area contributed by atoms with Crippen LogP contribution in [-0.2, 0) is 4.79 Å². The average molecular weight is 239 g/mol. The van der Waals surface area contributed by atoms with Gasteiger partial charge in [0.1, 0.15) is 5.78 Å². The lowest BCUT2D eigenvalue weighted by atomic mass is 10.0. The van der Waals surface area contributed by atoms with Crippen molar-refractivity contribution in [3.63, 3.8) is 0 Å². The fourth-order valence-electron chi connectivity index (χ4n) is 2.84. The SMILES string of the molecule is CCCCCCN1CCCCCC1CC(C)=O. The van der Waals surface area contributed by atoms with E-state index in [1.165, 1.54) is 64.5 Å². The topological polar surface area (TPSA) is 20.3 Å². The normalized spacial score (nSPS) is 22.4. The van der Waals surface area contributed by atoms with Gasteiger partial charge in [0.15, 0.2) is 0 Å². The van der Waals surface area contributed by atoms with E-state index in [0.29, 0.717) is 11.8 Å². The fourth-order valence-corrected chi connectivity index (χ4v) is 2.84.